The van der Waals surface area contributed by atoms with Gasteiger partial charge in [0, 0.05) is 17.5 Å². The number of ether oxygens (including phenoxy) is 1. The third kappa shape index (κ3) is 4.21. The SMILES string of the molecule is CC(CNC(C)(C)C)Oc1cnc2ccccc2c1. The van der Waals surface area contributed by atoms with Crippen molar-refractivity contribution in [1.82, 2.24) is 10.3 Å². The molecule has 1 heterocycles. The zero-order valence-electron chi connectivity index (χ0n) is 12.1. The van der Waals surface area contributed by atoms with Crippen LogP contribution in [0.1, 0.15) is 27.7 Å². The van der Waals surface area contributed by atoms with Crippen LogP contribution in [0.15, 0.2) is 36.5 Å². The first-order valence-electron chi connectivity index (χ1n) is 6.70. The van der Waals surface area contributed by atoms with Gasteiger partial charge in [0.15, 0.2) is 0 Å². The van der Waals surface area contributed by atoms with Gasteiger partial charge in [-0.15, -0.1) is 0 Å². The summed E-state index contributed by atoms with van der Waals surface area (Å²) in [5, 5.41) is 4.54. The summed E-state index contributed by atoms with van der Waals surface area (Å²) in [5.41, 5.74) is 1.11. The van der Waals surface area contributed by atoms with E-state index < -0.39 is 0 Å². The monoisotopic (exact) mass is 258 g/mol. The Morgan fingerprint density at radius 1 is 1.26 bits per heavy atom. The summed E-state index contributed by atoms with van der Waals surface area (Å²) in [6.07, 6.45) is 1.90. The number of nitrogens with one attached hydrogen (secondary N) is 1. The van der Waals surface area contributed by atoms with Gasteiger partial charge in [-0.25, -0.2) is 0 Å². The highest BCUT2D eigenvalue weighted by Crippen LogP contribution is 2.18. The molecule has 3 heteroatoms. The quantitative estimate of drug-likeness (QED) is 0.912. The Morgan fingerprint density at radius 2 is 2.00 bits per heavy atom. The lowest BCUT2D eigenvalue weighted by Crippen LogP contribution is -2.41. The molecular formula is C16H22N2O. The van der Waals surface area contributed by atoms with Crippen LogP contribution >= 0.6 is 0 Å². The highest BCUT2D eigenvalue weighted by atomic mass is 16.5. The number of fused-ring (bicyclic) bond motifs is 1. The van der Waals surface area contributed by atoms with Crippen LogP contribution in [0, 0.1) is 0 Å². The second-order valence-corrected chi connectivity index (χ2v) is 5.92. The van der Waals surface area contributed by atoms with Crippen molar-refractivity contribution in [1.29, 1.82) is 0 Å². The molecule has 0 aliphatic rings. The Bertz CT molecular complexity index is 546. The van der Waals surface area contributed by atoms with E-state index in [9.17, 15) is 0 Å². The van der Waals surface area contributed by atoms with Crippen molar-refractivity contribution in [3.63, 3.8) is 0 Å². The Kier molecular flexibility index (Phi) is 4.05. The van der Waals surface area contributed by atoms with Crippen LogP contribution in [0.2, 0.25) is 0 Å². The van der Waals surface area contributed by atoms with Crippen LogP contribution in [0.4, 0.5) is 0 Å². The fourth-order valence-corrected chi connectivity index (χ4v) is 1.84. The van der Waals surface area contributed by atoms with Gasteiger partial charge >= 0.3 is 0 Å². The summed E-state index contributed by atoms with van der Waals surface area (Å²) in [4.78, 5) is 4.40. The smallest absolute Gasteiger partial charge is 0.138 e. The number of rotatable bonds is 4. The van der Waals surface area contributed by atoms with Crippen LogP contribution < -0.4 is 10.1 Å². The molecule has 1 N–H and O–H groups in total. The van der Waals surface area contributed by atoms with E-state index in [1.54, 1.807) is 6.20 Å². The van der Waals surface area contributed by atoms with Crippen LogP contribution in [0.25, 0.3) is 10.9 Å². The molecule has 1 unspecified atom stereocenters. The largest absolute Gasteiger partial charge is 0.488 e. The molecule has 1 aromatic heterocycles. The zero-order valence-corrected chi connectivity index (χ0v) is 12.1. The van der Waals surface area contributed by atoms with Gasteiger partial charge in [-0.1, -0.05) is 18.2 Å². The van der Waals surface area contributed by atoms with E-state index in [0.717, 1.165) is 23.2 Å². The maximum absolute atomic E-state index is 5.89. The Morgan fingerprint density at radius 3 is 2.74 bits per heavy atom. The molecule has 0 amide bonds. The average molecular weight is 258 g/mol. The second-order valence-electron chi connectivity index (χ2n) is 5.92. The van der Waals surface area contributed by atoms with Crippen molar-refractivity contribution in [2.75, 3.05) is 6.54 Å². The van der Waals surface area contributed by atoms with Gasteiger partial charge in [0.25, 0.3) is 0 Å². The number of aromatic nitrogens is 1. The molecule has 102 valence electrons. The van der Waals surface area contributed by atoms with Crippen molar-refractivity contribution in [2.24, 2.45) is 0 Å². The molecule has 0 radical (unpaired) electrons. The number of hydrogen-bond acceptors (Lipinski definition) is 3. The van der Waals surface area contributed by atoms with Gasteiger partial charge in [-0.05, 0) is 39.8 Å². The fraction of sp³-hybridized carbons (Fsp3) is 0.438. The molecule has 0 bridgehead atoms. The standard InChI is InChI=1S/C16H22N2O/c1-12(10-18-16(2,3)4)19-14-9-13-7-5-6-8-15(13)17-11-14/h5-9,11-12,18H,10H2,1-4H3. The first-order valence-corrected chi connectivity index (χ1v) is 6.70. The minimum absolute atomic E-state index is 0.110. The van der Waals surface area contributed by atoms with Gasteiger partial charge in [0.2, 0.25) is 0 Å². The molecule has 0 spiro atoms. The number of nitrogens with zero attached hydrogens (tertiary/aromatic N) is 1. The molecule has 0 aliphatic carbocycles. The zero-order chi connectivity index (χ0) is 13.9. The van der Waals surface area contributed by atoms with Crippen molar-refractivity contribution in [2.45, 2.75) is 39.3 Å². The van der Waals surface area contributed by atoms with E-state index in [-0.39, 0.29) is 11.6 Å². The minimum atomic E-state index is 0.110. The lowest BCUT2D eigenvalue weighted by molar-refractivity contribution is 0.203. The lowest BCUT2D eigenvalue weighted by atomic mass is 10.1. The van der Waals surface area contributed by atoms with E-state index in [0.29, 0.717) is 0 Å². The topological polar surface area (TPSA) is 34.1 Å². The number of pyridine rings is 1. The molecular weight excluding hydrogens is 236 g/mol. The second kappa shape index (κ2) is 5.57. The summed E-state index contributed by atoms with van der Waals surface area (Å²) < 4.78 is 5.89. The lowest BCUT2D eigenvalue weighted by Gasteiger charge is -2.24. The fourth-order valence-electron chi connectivity index (χ4n) is 1.84. The highest BCUT2D eigenvalue weighted by molar-refractivity contribution is 5.79. The van der Waals surface area contributed by atoms with E-state index in [1.165, 1.54) is 0 Å². The number of benzene rings is 1. The first kappa shape index (κ1) is 13.8. The third-order valence-corrected chi connectivity index (χ3v) is 2.82. The average Bonchev–Trinajstić information content (AvgIpc) is 2.35. The number of hydrogen-bond donors (Lipinski definition) is 1. The van der Waals surface area contributed by atoms with Crippen LogP contribution in [0.3, 0.4) is 0 Å². The Hall–Kier alpha value is -1.61. The summed E-state index contributed by atoms with van der Waals surface area (Å²) in [6, 6.07) is 10.1. The molecule has 0 aliphatic heterocycles. The first-order chi connectivity index (χ1) is 8.94. The van der Waals surface area contributed by atoms with Crippen molar-refractivity contribution in [3.8, 4) is 5.75 Å². The summed E-state index contributed by atoms with van der Waals surface area (Å²) >= 11 is 0. The Balaban J connectivity index is 2.00. The van der Waals surface area contributed by atoms with E-state index in [4.69, 9.17) is 4.74 Å². The van der Waals surface area contributed by atoms with Crippen LogP contribution in [-0.2, 0) is 0 Å². The molecule has 1 aromatic carbocycles. The van der Waals surface area contributed by atoms with E-state index >= 15 is 0 Å². The highest BCUT2D eigenvalue weighted by Gasteiger charge is 2.12. The van der Waals surface area contributed by atoms with Gasteiger partial charge in [0.05, 0.1) is 11.7 Å². The molecule has 1 atom stereocenters. The number of para-hydroxylation sites is 1. The molecule has 0 fully saturated rings. The Labute approximate surface area is 115 Å². The van der Waals surface area contributed by atoms with Gasteiger partial charge in [-0.2, -0.15) is 0 Å². The summed E-state index contributed by atoms with van der Waals surface area (Å²) in [7, 11) is 0. The molecule has 3 nitrogen and oxygen atoms in total. The molecule has 2 rings (SSSR count). The van der Waals surface area contributed by atoms with Crippen LogP contribution in [0.5, 0.6) is 5.75 Å². The van der Waals surface area contributed by atoms with Crippen LogP contribution in [-0.4, -0.2) is 23.2 Å². The summed E-state index contributed by atoms with van der Waals surface area (Å²) in [6.45, 7) is 9.33. The predicted molar refractivity (Wildman–Crippen MR) is 79.6 cm³/mol. The van der Waals surface area contributed by atoms with E-state index in [2.05, 4.69) is 38.0 Å². The van der Waals surface area contributed by atoms with Gasteiger partial charge in [0.1, 0.15) is 11.9 Å². The normalized spacial score (nSPS) is 13.5. The van der Waals surface area contributed by atoms with Gasteiger partial charge in [-0.3, -0.25) is 4.98 Å². The molecule has 2 aromatic rings. The third-order valence-electron chi connectivity index (χ3n) is 2.82. The van der Waals surface area contributed by atoms with E-state index in [1.807, 2.05) is 30.3 Å². The van der Waals surface area contributed by atoms with Crippen molar-refractivity contribution >= 4 is 10.9 Å². The molecule has 0 saturated carbocycles. The molecule has 19 heavy (non-hydrogen) atoms. The minimum Gasteiger partial charge on any atom is -0.488 e. The summed E-state index contributed by atoms with van der Waals surface area (Å²) in [5.74, 6) is 0.821. The maximum atomic E-state index is 5.89. The van der Waals surface area contributed by atoms with Gasteiger partial charge < -0.3 is 10.1 Å². The molecule has 0 saturated heterocycles. The van der Waals surface area contributed by atoms with Crippen molar-refractivity contribution < 1.29 is 4.74 Å². The maximum Gasteiger partial charge on any atom is 0.138 e. The van der Waals surface area contributed by atoms with Crippen molar-refractivity contribution in [3.05, 3.63) is 36.5 Å². The predicted octanol–water partition coefficient (Wildman–Crippen LogP) is 3.39.